The maximum atomic E-state index is 8.87. The van der Waals surface area contributed by atoms with Gasteiger partial charge in [-0.2, -0.15) is 0 Å². The molecule has 0 aromatic carbocycles. The number of aromatic nitrogens is 1. The number of nitrogens with zero attached hydrogens (tertiary/aromatic N) is 3. The standard InChI is InChI=1S/C13H15BrN4OS/c1-8-3-4-10(12(15)17-19)13(16-8)18(2)6-9-5-11(14)20-7-9/h3-5,7,19H,6H2,1-2H3,(H2,15,17). The molecule has 0 spiro atoms. The monoisotopic (exact) mass is 354 g/mol. The highest BCUT2D eigenvalue weighted by molar-refractivity contribution is 9.11. The number of rotatable bonds is 4. The lowest BCUT2D eigenvalue weighted by atomic mass is 10.2. The molecule has 0 saturated heterocycles. The predicted octanol–water partition coefficient (Wildman–Crippen LogP) is 2.94. The number of oxime groups is 1. The Bertz CT molecular complexity index is 641. The topological polar surface area (TPSA) is 74.7 Å². The summed E-state index contributed by atoms with van der Waals surface area (Å²) in [6.45, 7) is 2.61. The molecule has 0 amide bonds. The Balaban J connectivity index is 2.32. The predicted molar refractivity (Wildman–Crippen MR) is 85.6 cm³/mol. The normalized spacial score (nSPS) is 11.7. The highest BCUT2D eigenvalue weighted by Crippen LogP contribution is 2.24. The number of nitrogens with two attached hydrogens (primary N) is 1. The maximum absolute atomic E-state index is 8.87. The third-order valence-corrected chi connectivity index (χ3v) is 4.35. The Kier molecular flexibility index (Phi) is 4.61. The van der Waals surface area contributed by atoms with E-state index in [2.05, 4.69) is 37.5 Å². The van der Waals surface area contributed by atoms with Crippen molar-refractivity contribution in [1.82, 2.24) is 4.98 Å². The zero-order valence-corrected chi connectivity index (χ0v) is 13.6. The summed E-state index contributed by atoms with van der Waals surface area (Å²) in [6, 6.07) is 5.72. The van der Waals surface area contributed by atoms with Crippen molar-refractivity contribution in [3.8, 4) is 0 Å². The molecule has 0 bridgehead atoms. The maximum Gasteiger partial charge on any atom is 0.173 e. The number of aryl methyl sites for hydroxylation is 1. The van der Waals surface area contributed by atoms with Crippen LogP contribution in [0.3, 0.4) is 0 Å². The van der Waals surface area contributed by atoms with Crippen LogP contribution >= 0.6 is 27.3 Å². The number of hydrogen-bond acceptors (Lipinski definition) is 5. The molecule has 0 aliphatic carbocycles. The molecule has 2 aromatic rings. The van der Waals surface area contributed by atoms with Crippen molar-refractivity contribution in [2.45, 2.75) is 13.5 Å². The molecule has 20 heavy (non-hydrogen) atoms. The van der Waals surface area contributed by atoms with E-state index in [-0.39, 0.29) is 5.84 Å². The van der Waals surface area contributed by atoms with Crippen LogP contribution in [-0.2, 0) is 6.54 Å². The quantitative estimate of drug-likeness (QED) is 0.383. The van der Waals surface area contributed by atoms with Crippen LogP contribution < -0.4 is 10.6 Å². The second-order valence-electron chi connectivity index (χ2n) is 4.42. The molecule has 2 heterocycles. The van der Waals surface area contributed by atoms with E-state index in [4.69, 9.17) is 10.9 Å². The minimum atomic E-state index is 0.0610. The average Bonchev–Trinajstić information content (AvgIpc) is 2.83. The van der Waals surface area contributed by atoms with E-state index < -0.39 is 0 Å². The van der Waals surface area contributed by atoms with Gasteiger partial charge in [0.25, 0.3) is 0 Å². The van der Waals surface area contributed by atoms with Crippen LogP contribution in [-0.4, -0.2) is 23.1 Å². The molecule has 0 aliphatic heterocycles. The summed E-state index contributed by atoms with van der Waals surface area (Å²) in [5.74, 6) is 0.758. The lowest BCUT2D eigenvalue weighted by Gasteiger charge is -2.20. The molecular weight excluding hydrogens is 340 g/mol. The first kappa shape index (κ1) is 14.8. The smallest absolute Gasteiger partial charge is 0.173 e. The van der Waals surface area contributed by atoms with Crippen molar-refractivity contribution < 1.29 is 5.21 Å². The summed E-state index contributed by atoms with van der Waals surface area (Å²) in [6.07, 6.45) is 0. The Morgan fingerprint density at radius 3 is 2.90 bits per heavy atom. The zero-order valence-electron chi connectivity index (χ0n) is 11.2. The van der Waals surface area contributed by atoms with Crippen LogP contribution in [0.1, 0.15) is 16.8 Å². The molecular formula is C13H15BrN4OS. The Labute approximate surface area is 129 Å². The van der Waals surface area contributed by atoms with Gasteiger partial charge in [0.2, 0.25) is 0 Å². The average molecular weight is 355 g/mol. The summed E-state index contributed by atoms with van der Waals surface area (Å²) in [7, 11) is 1.93. The third kappa shape index (κ3) is 3.29. The Hall–Kier alpha value is -1.60. The number of anilines is 1. The molecule has 7 heteroatoms. The number of amidine groups is 1. The van der Waals surface area contributed by atoms with Crippen molar-refractivity contribution in [1.29, 1.82) is 0 Å². The molecule has 0 aliphatic rings. The lowest BCUT2D eigenvalue weighted by molar-refractivity contribution is 0.318. The molecule has 0 fully saturated rings. The lowest BCUT2D eigenvalue weighted by Crippen LogP contribution is -2.24. The first-order valence-corrected chi connectivity index (χ1v) is 7.58. The molecule has 5 nitrogen and oxygen atoms in total. The molecule has 2 rings (SSSR count). The van der Waals surface area contributed by atoms with Gasteiger partial charge in [0.05, 0.1) is 9.35 Å². The minimum absolute atomic E-state index is 0.0610. The van der Waals surface area contributed by atoms with Gasteiger partial charge in [0, 0.05) is 19.3 Å². The first-order chi connectivity index (χ1) is 9.51. The van der Waals surface area contributed by atoms with Crippen molar-refractivity contribution in [3.63, 3.8) is 0 Å². The van der Waals surface area contributed by atoms with Gasteiger partial charge in [0.1, 0.15) is 5.82 Å². The van der Waals surface area contributed by atoms with Gasteiger partial charge in [-0.15, -0.1) is 11.3 Å². The SMILES string of the molecule is Cc1ccc(C(N)=NO)c(N(C)Cc2csc(Br)c2)n1. The van der Waals surface area contributed by atoms with E-state index >= 15 is 0 Å². The summed E-state index contributed by atoms with van der Waals surface area (Å²) >= 11 is 5.09. The molecule has 106 valence electrons. The van der Waals surface area contributed by atoms with E-state index in [1.165, 1.54) is 5.56 Å². The van der Waals surface area contributed by atoms with E-state index in [1.807, 2.05) is 31.0 Å². The van der Waals surface area contributed by atoms with Crippen LogP contribution in [0.2, 0.25) is 0 Å². The van der Waals surface area contributed by atoms with Crippen molar-refractivity contribution in [2.75, 3.05) is 11.9 Å². The van der Waals surface area contributed by atoms with Crippen molar-refractivity contribution in [3.05, 3.63) is 44.2 Å². The molecule has 0 saturated carbocycles. The largest absolute Gasteiger partial charge is 0.409 e. The van der Waals surface area contributed by atoms with Gasteiger partial charge < -0.3 is 15.8 Å². The van der Waals surface area contributed by atoms with Crippen LogP contribution in [0, 0.1) is 6.92 Å². The van der Waals surface area contributed by atoms with E-state index in [0.29, 0.717) is 17.9 Å². The van der Waals surface area contributed by atoms with E-state index in [1.54, 1.807) is 11.3 Å². The first-order valence-electron chi connectivity index (χ1n) is 5.91. The van der Waals surface area contributed by atoms with Gasteiger partial charge in [0.15, 0.2) is 5.84 Å². The Morgan fingerprint density at radius 1 is 1.55 bits per heavy atom. The fraction of sp³-hybridized carbons (Fsp3) is 0.231. The fourth-order valence-electron chi connectivity index (χ4n) is 1.87. The summed E-state index contributed by atoms with van der Waals surface area (Å²) < 4.78 is 1.09. The second kappa shape index (κ2) is 6.23. The number of hydrogen-bond donors (Lipinski definition) is 2. The number of thiophene rings is 1. The fourth-order valence-corrected chi connectivity index (χ4v) is 3.07. The molecule has 3 N–H and O–H groups in total. The second-order valence-corrected chi connectivity index (χ2v) is 6.71. The summed E-state index contributed by atoms with van der Waals surface area (Å²) in [5.41, 5.74) is 8.39. The zero-order chi connectivity index (χ0) is 14.7. The summed E-state index contributed by atoms with van der Waals surface area (Å²) in [5, 5.41) is 14.0. The molecule has 0 atom stereocenters. The number of halogens is 1. The van der Waals surface area contributed by atoms with Gasteiger partial charge in [-0.05, 0) is 52.0 Å². The molecule has 2 aromatic heterocycles. The van der Waals surface area contributed by atoms with Crippen LogP contribution in [0.25, 0.3) is 0 Å². The van der Waals surface area contributed by atoms with Gasteiger partial charge in [-0.25, -0.2) is 4.98 Å². The summed E-state index contributed by atoms with van der Waals surface area (Å²) in [4.78, 5) is 6.47. The van der Waals surface area contributed by atoms with Gasteiger partial charge in [-0.1, -0.05) is 5.16 Å². The van der Waals surface area contributed by atoms with Crippen LogP contribution in [0.15, 0.2) is 32.5 Å². The van der Waals surface area contributed by atoms with Crippen LogP contribution in [0.4, 0.5) is 5.82 Å². The van der Waals surface area contributed by atoms with E-state index in [9.17, 15) is 0 Å². The third-order valence-electron chi connectivity index (χ3n) is 2.80. The van der Waals surface area contributed by atoms with E-state index in [0.717, 1.165) is 9.48 Å². The van der Waals surface area contributed by atoms with Crippen molar-refractivity contribution >= 4 is 38.9 Å². The number of pyridine rings is 1. The highest BCUT2D eigenvalue weighted by Gasteiger charge is 2.14. The van der Waals surface area contributed by atoms with Gasteiger partial charge in [-0.3, -0.25) is 0 Å². The Morgan fingerprint density at radius 2 is 2.30 bits per heavy atom. The van der Waals surface area contributed by atoms with Gasteiger partial charge >= 0.3 is 0 Å². The van der Waals surface area contributed by atoms with Crippen molar-refractivity contribution in [2.24, 2.45) is 10.9 Å². The minimum Gasteiger partial charge on any atom is -0.409 e. The van der Waals surface area contributed by atoms with Crippen LogP contribution in [0.5, 0.6) is 0 Å². The highest BCUT2D eigenvalue weighted by atomic mass is 79.9. The molecule has 0 radical (unpaired) electrons. The molecule has 0 unspecified atom stereocenters.